The fourth-order valence-electron chi connectivity index (χ4n) is 4.32. The van der Waals surface area contributed by atoms with Crippen LogP contribution in [0, 0.1) is 5.92 Å². The van der Waals surface area contributed by atoms with E-state index < -0.39 is 0 Å². The molecule has 8 nitrogen and oxygen atoms in total. The van der Waals surface area contributed by atoms with E-state index in [1.54, 1.807) is 0 Å². The van der Waals surface area contributed by atoms with Crippen LogP contribution in [0.3, 0.4) is 0 Å². The Bertz CT molecular complexity index is 724. The Balaban J connectivity index is 1.32. The van der Waals surface area contributed by atoms with E-state index in [2.05, 4.69) is 15.1 Å². The molecule has 0 aliphatic carbocycles. The number of carbonyl (C=O) groups is 3. The van der Waals surface area contributed by atoms with Crippen molar-refractivity contribution in [2.24, 2.45) is 11.7 Å². The highest BCUT2D eigenvalue weighted by molar-refractivity contribution is 5.97. The highest BCUT2D eigenvalue weighted by Crippen LogP contribution is 2.19. The third-order valence-corrected chi connectivity index (χ3v) is 6.35. The van der Waals surface area contributed by atoms with E-state index in [9.17, 15) is 14.4 Å². The quantitative estimate of drug-likeness (QED) is 0.304. The minimum atomic E-state index is -0.190. The first-order valence-electron chi connectivity index (χ1n) is 11.2. The fraction of sp³-hybridized carbons (Fsp3) is 0.609. The number of ether oxygens (including phenoxy) is 1. The number of Topliss-reactive ketones (excluding diaryl/α,β-unsaturated/α-hetero) is 1. The third-order valence-electron chi connectivity index (χ3n) is 6.35. The zero-order chi connectivity index (χ0) is 22.1. The Labute approximate surface area is 184 Å². The van der Waals surface area contributed by atoms with Crippen molar-refractivity contribution in [3.63, 3.8) is 0 Å². The van der Waals surface area contributed by atoms with Gasteiger partial charge in [-0.05, 0) is 44.3 Å². The lowest BCUT2D eigenvalue weighted by Gasteiger charge is -2.30. The first kappa shape index (κ1) is 23.4. The molecule has 1 aromatic carbocycles. The number of likely N-dealkylation sites (tertiary alicyclic amines) is 2. The molecule has 170 valence electrons. The molecule has 1 amide bonds. The van der Waals surface area contributed by atoms with Gasteiger partial charge in [-0.1, -0.05) is 24.3 Å². The molecule has 0 aromatic heterocycles. The van der Waals surface area contributed by atoms with E-state index in [1.165, 1.54) is 5.56 Å². The summed E-state index contributed by atoms with van der Waals surface area (Å²) in [5.74, 6) is -0.0937. The summed E-state index contributed by atoms with van der Waals surface area (Å²) in [7, 11) is 0. The van der Waals surface area contributed by atoms with Crippen molar-refractivity contribution in [3.05, 3.63) is 35.4 Å². The number of rotatable bonds is 11. The lowest BCUT2D eigenvalue weighted by molar-refractivity contribution is -0.135. The number of nitrogens with two attached hydrogens (primary N) is 1. The molecule has 0 spiro atoms. The summed E-state index contributed by atoms with van der Waals surface area (Å²) in [5.41, 5.74) is 7.28. The molecule has 3 rings (SSSR count). The van der Waals surface area contributed by atoms with Gasteiger partial charge in [-0.3, -0.25) is 19.3 Å². The van der Waals surface area contributed by atoms with Crippen LogP contribution in [0.4, 0.5) is 0 Å². The number of ketones is 1. The summed E-state index contributed by atoms with van der Waals surface area (Å²) in [6.07, 6.45) is 3.43. The van der Waals surface area contributed by atoms with Gasteiger partial charge in [-0.2, -0.15) is 0 Å². The number of amides is 1. The number of hydrogen-bond donors (Lipinski definition) is 2. The molecule has 0 bridgehead atoms. The van der Waals surface area contributed by atoms with Gasteiger partial charge < -0.3 is 20.7 Å². The maximum absolute atomic E-state index is 12.4. The number of nitrogens with one attached hydrogen (secondary N) is 1. The Hall–Kier alpha value is -2.29. The molecule has 2 heterocycles. The highest BCUT2D eigenvalue weighted by atomic mass is 16.5. The van der Waals surface area contributed by atoms with E-state index in [4.69, 9.17) is 10.5 Å². The SMILES string of the molecule is NC(=O)C1CCN(Cc2ccc(C(=O)CNCCN3CCC(OC=O)CC3)cc2)CC1. The third kappa shape index (κ3) is 7.41. The second kappa shape index (κ2) is 11.9. The number of nitrogens with zero attached hydrogens (tertiary/aromatic N) is 2. The van der Waals surface area contributed by atoms with Crippen LogP contribution >= 0.6 is 0 Å². The minimum absolute atomic E-state index is 0.00653. The van der Waals surface area contributed by atoms with Crippen LogP contribution < -0.4 is 11.1 Å². The summed E-state index contributed by atoms with van der Waals surface area (Å²) >= 11 is 0. The number of piperidine rings is 2. The number of primary amides is 1. The Morgan fingerprint density at radius 2 is 1.68 bits per heavy atom. The smallest absolute Gasteiger partial charge is 0.293 e. The summed E-state index contributed by atoms with van der Waals surface area (Å²) in [4.78, 5) is 38.7. The first-order chi connectivity index (χ1) is 15.0. The van der Waals surface area contributed by atoms with Crippen molar-refractivity contribution < 1.29 is 19.1 Å². The summed E-state index contributed by atoms with van der Waals surface area (Å²) in [6.45, 7) is 6.90. The van der Waals surface area contributed by atoms with Crippen LogP contribution in [-0.2, 0) is 20.9 Å². The van der Waals surface area contributed by atoms with Crippen molar-refractivity contribution in [3.8, 4) is 0 Å². The molecule has 2 fully saturated rings. The van der Waals surface area contributed by atoms with E-state index in [0.29, 0.717) is 13.0 Å². The van der Waals surface area contributed by atoms with Gasteiger partial charge in [0.25, 0.3) is 6.47 Å². The van der Waals surface area contributed by atoms with Crippen LogP contribution in [0.15, 0.2) is 24.3 Å². The molecule has 8 heteroatoms. The Morgan fingerprint density at radius 3 is 2.29 bits per heavy atom. The maximum atomic E-state index is 12.4. The number of carbonyl (C=O) groups excluding carboxylic acids is 3. The van der Waals surface area contributed by atoms with Crippen molar-refractivity contribution >= 4 is 18.2 Å². The molecule has 31 heavy (non-hydrogen) atoms. The average Bonchev–Trinajstić information content (AvgIpc) is 2.79. The van der Waals surface area contributed by atoms with Gasteiger partial charge in [-0.25, -0.2) is 0 Å². The van der Waals surface area contributed by atoms with Crippen molar-refractivity contribution in [1.82, 2.24) is 15.1 Å². The predicted molar refractivity (Wildman–Crippen MR) is 117 cm³/mol. The van der Waals surface area contributed by atoms with Crippen LogP contribution in [0.25, 0.3) is 0 Å². The lowest BCUT2D eigenvalue weighted by Crippen LogP contribution is -2.41. The highest BCUT2D eigenvalue weighted by Gasteiger charge is 2.23. The molecule has 0 unspecified atom stereocenters. The van der Waals surface area contributed by atoms with Crippen molar-refractivity contribution in [2.45, 2.75) is 38.3 Å². The van der Waals surface area contributed by atoms with Gasteiger partial charge in [-0.15, -0.1) is 0 Å². The minimum Gasteiger partial charge on any atom is -0.464 e. The van der Waals surface area contributed by atoms with Gasteiger partial charge in [0.05, 0.1) is 6.54 Å². The second-order valence-electron chi connectivity index (χ2n) is 8.52. The standard InChI is InChI=1S/C23H34N4O4/c24-23(30)20-5-10-27(11-6-20)16-18-1-3-19(4-2-18)22(29)15-25-9-14-26-12-7-21(8-13-26)31-17-28/h1-4,17,20-21,25H,5-16H2,(H2,24,30). The zero-order valence-corrected chi connectivity index (χ0v) is 18.1. The van der Waals surface area contributed by atoms with Crippen LogP contribution in [0.5, 0.6) is 0 Å². The topological polar surface area (TPSA) is 105 Å². The van der Waals surface area contributed by atoms with Gasteiger partial charge in [0.1, 0.15) is 6.10 Å². The molecular formula is C23H34N4O4. The van der Waals surface area contributed by atoms with Crippen molar-refractivity contribution in [1.29, 1.82) is 0 Å². The van der Waals surface area contributed by atoms with Crippen LogP contribution in [-0.4, -0.2) is 79.9 Å². The van der Waals surface area contributed by atoms with Gasteiger partial charge in [0.15, 0.2) is 5.78 Å². The Kier molecular flexibility index (Phi) is 8.99. The van der Waals surface area contributed by atoms with E-state index >= 15 is 0 Å². The molecule has 0 atom stereocenters. The summed E-state index contributed by atoms with van der Waals surface area (Å²) in [5, 5.41) is 3.24. The largest absolute Gasteiger partial charge is 0.464 e. The molecule has 0 saturated carbocycles. The number of hydrogen-bond acceptors (Lipinski definition) is 7. The van der Waals surface area contributed by atoms with E-state index in [0.717, 1.165) is 77.1 Å². The predicted octanol–water partition coefficient (Wildman–Crippen LogP) is 0.794. The number of benzene rings is 1. The molecule has 2 aliphatic rings. The van der Waals surface area contributed by atoms with E-state index in [-0.39, 0.29) is 23.7 Å². The molecular weight excluding hydrogens is 396 g/mol. The molecule has 2 saturated heterocycles. The average molecular weight is 431 g/mol. The van der Waals surface area contributed by atoms with Gasteiger partial charge in [0.2, 0.25) is 5.91 Å². The zero-order valence-electron chi connectivity index (χ0n) is 18.1. The summed E-state index contributed by atoms with van der Waals surface area (Å²) in [6, 6.07) is 7.82. The first-order valence-corrected chi connectivity index (χ1v) is 11.2. The van der Waals surface area contributed by atoms with Gasteiger partial charge >= 0.3 is 0 Å². The van der Waals surface area contributed by atoms with Crippen LogP contribution in [0.2, 0.25) is 0 Å². The normalized spacial score (nSPS) is 19.2. The lowest BCUT2D eigenvalue weighted by atomic mass is 9.96. The molecule has 1 aromatic rings. The van der Waals surface area contributed by atoms with Gasteiger partial charge in [0, 0.05) is 44.2 Å². The molecule has 2 aliphatic heterocycles. The van der Waals surface area contributed by atoms with E-state index in [1.807, 2.05) is 24.3 Å². The fourth-order valence-corrected chi connectivity index (χ4v) is 4.32. The maximum Gasteiger partial charge on any atom is 0.293 e. The van der Waals surface area contributed by atoms with Crippen molar-refractivity contribution in [2.75, 3.05) is 45.8 Å². The monoisotopic (exact) mass is 430 g/mol. The van der Waals surface area contributed by atoms with Crippen LogP contribution in [0.1, 0.15) is 41.6 Å². The molecule has 0 radical (unpaired) electrons. The molecule has 3 N–H and O–H groups in total. The Morgan fingerprint density at radius 1 is 1.03 bits per heavy atom. The summed E-state index contributed by atoms with van der Waals surface area (Å²) < 4.78 is 5.01. The second-order valence-corrected chi connectivity index (χ2v) is 8.52.